The van der Waals surface area contributed by atoms with Gasteiger partial charge >= 0.3 is 0 Å². The van der Waals surface area contributed by atoms with Crippen LogP contribution in [0.1, 0.15) is 55.2 Å². The fraction of sp³-hybridized carbons (Fsp3) is 0.625. The first-order chi connectivity index (χ1) is 20.7. The molecular weight excluding hydrogens is 568 g/mol. The molecule has 0 N–H and O–H groups in total. The van der Waals surface area contributed by atoms with E-state index in [1.54, 1.807) is 43.6 Å². The molecule has 1 aliphatic carbocycles. The van der Waals surface area contributed by atoms with E-state index in [0.29, 0.717) is 54.3 Å². The lowest BCUT2D eigenvalue weighted by Crippen LogP contribution is -2.48. The molecule has 0 spiro atoms. The molecule has 1 aromatic heterocycles. The minimum Gasteiger partial charge on any atom is -0.497 e. The number of aromatic nitrogens is 1. The first-order valence-corrected chi connectivity index (χ1v) is 17.0. The van der Waals surface area contributed by atoms with Crippen molar-refractivity contribution >= 4 is 15.9 Å². The van der Waals surface area contributed by atoms with Crippen molar-refractivity contribution in [1.82, 2.24) is 19.1 Å². The van der Waals surface area contributed by atoms with Crippen LogP contribution in [0.15, 0.2) is 41.6 Å². The van der Waals surface area contributed by atoms with Crippen molar-refractivity contribution in [3.8, 4) is 5.75 Å². The Labute approximate surface area is 256 Å². The highest BCUT2D eigenvalue weighted by atomic mass is 32.2. The summed E-state index contributed by atoms with van der Waals surface area (Å²) in [6, 6.07) is 7.48. The minimum atomic E-state index is -3.72. The van der Waals surface area contributed by atoms with Gasteiger partial charge in [0.15, 0.2) is 0 Å². The van der Waals surface area contributed by atoms with Crippen LogP contribution in [0.5, 0.6) is 5.75 Å². The Morgan fingerprint density at radius 1 is 1.07 bits per heavy atom. The number of likely N-dealkylation sites (tertiary alicyclic amines) is 2. The maximum Gasteiger partial charge on any atom is 0.248 e. The van der Waals surface area contributed by atoms with E-state index in [-0.39, 0.29) is 31.7 Å². The van der Waals surface area contributed by atoms with Crippen LogP contribution in [0.3, 0.4) is 0 Å². The van der Waals surface area contributed by atoms with Crippen LogP contribution >= 0.6 is 0 Å². The molecule has 3 heterocycles. The van der Waals surface area contributed by atoms with Gasteiger partial charge in [-0.3, -0.25) is 9.78 Å². The van der Waals surface area contributed by atoms with Crippen molar-refractivity contribution in [1.29, 1.82) is 0 Å². The zero-order chi connectivity index (χ0) is 30.5. The number of carbonyl (C=O) groups excluding carboxylic acids is 1. The van der Waals surface area contributed by atoms with Crippen LogP contribution in [0.2, 0.25) is 0 Å². The Bertz CT molecular complexity index is 1310. The van der Waals surface area contributed by atoms with E-state index in [0.717, 1.165) is 38.0 Å². The smallest absolute Gasteiger partial charge is 0.248 e. The van der Waals surface area contributed by atoms with E-state index >= 15 is 0 Å². The summed E-state index contributed by atoms with van der Waals surface area (Å²) in [5.74, 6) is 0.553. The Morgan fingerprint density at radius 3 is 2.37 bits per heavy atom. The summed E-state index contributed by atoms with van der Waals surface area (Å²) in [6.07, 6.45) is 9.21. The molecule has 0 radical (unpaired) electrons. The molecule has 2 aromatic rings. The molecule has 10 nitrogen and oxygen atoms in total. The highest BCUT2D eigenvalue weighted by Crippen LogP contribution is 2.37. The predicted octanol–water partition coefficient (Wildman–Crippen LogP) is 3.51. The lowest BCUT2D eigenvalue weighted by atomic mass is 9.85. The number of hydrogen-bond acceptors (Lipinski definition) is 8. The van der Waals surface area contributed by atoms with E-state index < -0.39 is 15.6 Å². The number of nitrogens with zero attached hydrogens (tertiary/aromatic N) is 4. The lowest BCUT2D eigenvalue weighted by molar-refractivity contribution is -0.144. The summed E-state index contributed by atoms with van der Waals surface area (Å²) in [5, 5.41) is 0. The van der Waals surface area contributed by atoms with Gasteiger partial charge in [0.1, 0.15) is 12.4 Å². The topological polar surface area (TPSA) is 102 Å². The fourth-order valence-corrected chi connectivity index (χ4v) is 8.55. The largest absolute Gasteiger partial charge is 0.497 e. The monoisotopic (exact) mass is 614 g/mol. The molecule has 0 atom stereocenters. The van der Waals surface area contributed by atoms with E-state index in [9.17, 15) is 13.2 Å². The second-order valence-corrected chi connectivity index (χ2v) is 13.8. The molecule has 2 saturated heterocycles. The number of aryl methyl sites for hydroxylation is 2. The zero-order valence-electron chi connectivity index (χ0n) is 25.8. The minimum absolute atomic E-state index is 0.0293. The van der Waals surface area contributed by atoms with Gasteiger partial charge < -0.3 is 24.0 Å². The second kappa shape index (κ2) is 14.0. The molecule has 236 valence electrons. The van der Waals surface area contributed by atoms with Gasteiger partial charge in [0.25, 0.3) is 0 Å². The Balaban J connectivity index is 1.13. The molecule has 5 rings (SSSR count). The van der Waals surface area contributed by atoms with Gasteiger partial charge in [-0.25, -0.2) is 8.42 Å². The molecule has 1 aromatic carbocycles. The van der Waals surface area contributed by atoms with Crippen molar-refractivity contribution in [2.24, 2.45) is 0 Å². The summed E-state index contributed by atoms with van der Waals surface area (Å²) >= 11 is 0. The quantitative estimate of drug-likeness (QED) is 0.298. The average Bonchev–Trinajstić information content (AvgIpc) is 3.70. The van der Waals surface area contributed by atoms with E-state index in [2.05, 4.69) is 16.0 Å². The van der Waals surface area contributed by atoms with Gasteiger partial charge in [-0.05, 0) is 94.8 Å². The second-order valence-electron chi connectivity index (χ2n) is 12.0. The third-order valence-electron chi connectivity index (χ3n) is 8.97. The summed E-state index contributed by atoms with van der Waals surface area (Å²) in [6.45, 7) is 8.86. The molecular formula is C32H46N4O6S. The molecule has 1 amide bonds. The molecule has 0 unspecified atom stereocenters. The maximum atomic E-state index is 13.7. The highest BCUT2D eigenvalue weighted by Gasteiger charge is 2.40. The maximum absolute atomic E-state index is 13.7. The lowest BCUT2D eigenvalue weighted by Gasteiger charge is -2.42. The number of sulfonamides is 1. The summed E-state index contributed by atoms with van der Waals surface area (Å²) in [5.41, 5.74) is 1.92. The fourth-order valence-electron chi connectivity index (χ4n) is 6.46. The summed E-state index contributed by atoms with van der Waals surface area (Å²) in [7, 11) is -2.15. The summed E-state index contributed by atoms with van der Waals surface area (Å²) < 4.78 is 46.6. The van der Waals surface area contributed by atoms with E-state index in [1.807, 2.05) is 17.2 Å². The van der Waals surface area contributed by atoms with Crippen LogP contribution in [0.4, 0.5) is 0 Å². The molecule has 0 bridgehead atoms. The highest BCUT2D eigenvalue weighted by molar-refractivity contribution is 7.89. The zero-order valence-corrected chi connectivity index (χ0v) is 26.6. The number of amides is 1. The number of methoxy groups -OCH3 is 1. The van der Waals surface area contributed by atoms with E-state index in [1.165, 1.54) is 12.8 Å². The Morgan fingerprint density at radius 2 is 1.77 bits per heavy atom. The molecule has 1 saturated carbocycles. The molecule has 2 aliphatic heterocycles. The van der Waals surface area contributed by atoms with Crippen molar-refractivity contribution in [2.75, 3.05) is 66.2 Å². The third kappa shape index (κ3) is 7.57. The van der Waals surface area contributed by atoms with Crippen LogP contribution in [-0.2, 0) is 29.9 Å². The van der Waals surface area contributed by atoms with Crippen LogP contribution in [0, 0.1) is 13.8 Å². The number of piperidine rings is 1. The number of benzene rings is 1. The standard InChI is InChI=1S/C32H46N4O6S/c1-25-21-29(40-3)22-26(2)31(25)43(38,39)36(28-8-9-28)18-19-41-24-30(37)35-15-10-32(11-16-35,27-7-6-12-33-23-27)42-20-17-34-13-4-5-14-34/h6-7,12,21-23,28H,4-5,8-11,13-20,24H2,1-3H3. The van der Waals surface area contributed by atoms with Gasteiger partial charge in [-0.2, -0.15) is 4.31 Å². The van der Waals surface area contributed by atoms with Gasteiger partial charge in [-0.1, -0.05) is 6.07 Å². The van der Waals surface area contributed by atoms with E-state index in [4.69, 9.17) is 14.2 Å². The normalized spacial score (nSPS) is 19.2. The summed E-state index contributed by atoms with van der Waals surface area (Å²) in [4.78, 5) is 22.0. The molecule has 3 aliphatic rings. The van der Waals surface area contributed by atoms with Crippen molar-refractivity contribution in [3.63, 3.8) is 0 Å². The van der Waals surface area contributed by atoms with Crippen molar-refractivity contribution < 1.29 is 27.4 Å². The third-order valence-corrected chi connectivity index (χ3v) is 11.2. The van der Waals surface area contributed by atoms with Gasteiger partial charge in [-0.15, -0.1) is 0 Å². The predicted molar refractivity (Wildman–Crippen MR) is 164 cm³/mol. The van der Waals surface area contributed by atoms with Crippen molar-refractivity contribution in [3.05, 3.63) is 53.3 Å². The first kappa shape index (κ1) is 31.8. The van der Waals surface area contributed by atoms with Crippen LogP contribution in [-0.4, -0.2) is 106 Å². The SMILES string of the molecule is COc1cc(C)c(S(=O)(=O)N(CCOCC(=O)N2CCC(OCCN3CCCC3)(c3cccnc3)CC2)C2CC2)c(C)c1. The van der Waals surface area contributed by atoms with Crippen LogP contribution < -0.4 is 4.74 Å². The average molecular weight is 615 g/mol. The van der Waals surface area contributed by atoms with Gasteiger partial charge in [0, 0.05) is 50.2 Å². The van der Waals surface area contributed by atoms with Gasteiger partial charge in [0.05, 0.1) is 30.8 Å². The number of hydrogen-bond donors (Lipinski definition) is 0. The molecule has 11 heteroatoms. The number of ether oxygens (including phenoxy) is 3. The Hall–Kier alpha value is -2.57. The molecule has 43 heavy (non-hydrogen) atoms. The molecule has 3 fully saturated rings. The van der Waals surface area contributed by atoms with Crippen LogP contribution in [0.25, 0.3) is 0 Å². The number of carbonyl (C=O) groups is 1. The van der Waals surface area contributed by atoms with Crippen molar-refractivity contribution in [2.45, 2.75) is 68.9 Å². The first-order valence-electron chi connectivity index (χ1n) is 15.5. The number of pyridine rings is 1. The van der Waals surface area contributed by atoms with Gasteiger partial charge in [0.2, 0.25) is 15.9 Å². The number of rotatable bonds is 14. The Kier molecular flexibility index (Phi) is 10.4.